The molecule has 138 valence electrons. The van der Waals surface area contributed by atoms with E-state index in [4.69, 9.17) is 0 Å². The lowest BCUT2D eigenvalue weighted by Crippen LogP contribution is -2.12. The second-order valence-electron chi connectivity index (χ2n) is 8.09. The minimum Gasteiger partial charge on any atom is -0.228 e. The van der Waals surface area contributed by atoms with Crippen LogP contribution in [0.15, 0.2) is 12.4 Å². The summed E-state index contributed by atoms with van der Waals surface area (Å²) < 4.78 is 0. The Morgan fingerprint density at radius 2 is 1.19 bits per heavy atom. The Balaban J connectivity index is 1.50. The summed E-state index contributed by atoms with van der Waals surface area (Å²) in [4.78, 5) is 8.79. The van der Waals surface area contributed by atoms with Crippen LogP contribution in [0.25, 0.3) is 0 Å². The Hall–Kier alpha value is -1.80. The lowest BCUT2D eigenvalue weighted by atomic mass is 9.81. The van der Waals surface area contributed by atoms with E-state index in [1.165, 1.54) is 64.2 Å². The van der Waals surface area contributed by atoms with Gasteiger partial charge in [-0.1, -0.05) is 44.5 Å². The standard InChI is InChI=1S/C24H32N2/c1-3-19-5-9-21(10-6-19)13-14-23-17-25-24(26-18-23)16-15-22-11-7-20(4-2)8-12-22/h17-22H,3-12H2,1-2H3/t19-,20-,21-,22-. The molecule has 0 unspecified atom stereocenters. The largest absolute Gasteiger partial charge is 0.228 e. The zero-order chi connectivity index (χ0) is 18.2. The monoisotopic (exact) mass is 348 g/mol. The second kappa shape index (κ2) is 9.78. The third-order valence-corrected chi connectivity index (χ3v) is 6.31. The molecule has 0 aromatic carbocycles. The molecular weight excluding hydrogens is 316 g/mol. The maximum Gasteiger partial charge on any atom is 0.204 e. The van der Waals surface area contributed by atoms with E-state index < -0.39 is 0 Å². The van der Waals surface area contributed by atoms with Crippen LogP contribution in [0.2, 0.25) is 0 Å². The lowest BCUT2D eigenvalue weighted by Gasteiger charge is -2.24. The molecule has 0 saturated heterocycles. The van der Waals surface area contributed by atoms with Crippen molar-refractivity contribution in [3.63, 3.8) is 0 Å². The van der Waals surface area contributed by atoms with E-state index in [1.54, 1.807) is 0 Å². The summed E-state index contributed by atoms with van der Waals surface area (Å²) in [7, 11) is 0. The van der Waals surface area contributed by atoms with E-state index in [0.29, 0.717) is 17.7 Å². The maximum atomic E-state index is 4.40. The van der Waals surface area contributed by atoms with Crippen molar-refractivity contribution in [1.29, 1.82) is 0 Å². The second-order valence-corrected chi connectivity index (χ2v) is 8.09. The summed E-state index contributed by atoms with van der Waals surface area (Å²) in [6.07, 6.45) is 16.6. The van der Waals surface area contributed by atoms with Crippen molar-refractivity contribution < 1.29 is 0 Å². The first-order valence-corrected chi connectivity index (χ1v) is 10.6. The van der Waals surface area contributed by atoms with Gasteiger partial charge in [0.1, 0.15) is 0 Å². The van der Waals surface area contributed by atoms with E-state index in [1.807, 2.05) is 12.4 Å². The first-order valence-electron chi connectivity index (χ1n) is 10.6. The van der Waals surface area contributed by atoms with Gasteiger partial charge in [-0.05, 0) is 69.1 Å². The zero-order valence-corrected chi connectivity index (χ0v) is 16.4. The van der Waals surface area contributed by atoms with Crippen LogP contribution in [0.5, 0.6) is 0 Å². The zero-order valence-electron chi connectivity index (χ0n) is 16.4. The fourth-order valence-corrected chi connectivity index (χ4v) is 4.24. The van der Waals surface area contributed by atoms with Gasteiger partial charge in [-0.25, -0.2) is 9.97 Å². The van der Waals surface area contributed by atoms with Gasteiger partial charge in [0.2, 0.25) is 5.82 Å². The average Bonchev–Trinajstić information content (AvgIpc) is 2.72. The predicted octanol–water partition coefficient (Wildman–Crippen LogP) is 5.61. The first kappa shape index (κ1) is 19.0. The number of hydrogen-bond donors (Lipinski definition) is 0. The third kappa shape index (κ3) is 5.60. The molecule has 26 heavy (non-hydrogen) atoms. The summed E-state index contributed by atoms with van der Waals surface area (Å²) in [6.45, 7) is 4.60. The minimum atomic E-state index is 0.527. The van der Waals surface area contributed by atoms with Crippen LogP contribution in [0, 0.1) is 47.4 Å². The lowest BCUT2D eigenvalue weighted by molar-refractivity contribution is 0.309. The van der Waals surface area contributed by atoms with E-state index in [0.717, 1.165) is 17.4 Å². The van der Waals surface area contributed by atoms with Crippen LogP contribution in [-0.2, 0) is 0 Å². The molecule has 1 aromatic rings. The summed E-state index contributed by atoms with van der Waals surface area (Å²) in [5.74, 6) is 16.8. The molecule has 2 heteroatoms. The molecule has 0 amide bonds. The molecule has 2 fully saturated rings. The van der Waals surface area contributed by atoms with Crippen molar-refractivity contribution in [2.75, 3.05) is 0 Å². The molecule has 0 radical (unpaired) electrons. The quantitative estimate of drug-likeness (QED) is 0.649. The Morgan fingerprint density at radius 1 is 0.731 bits per heavy atom. The highest BCUT2D eigenvalue weighted by atomic mass is 14.8. The van der Waals surface area contributed by atoms with Gasteiger partial charge in [0.15, 0.2) is 0 Å². The Bertz CT molecular complexity index is 606. The molecule has 0 bridgehead atoms. The fourth-order valence-electron chi connectivity index (χ4n) is 4.24. The van der Waals surface area contributed by atoms with Gasteiger partial charge >= 0.3 is 0 Å². The number of hydrogen-bond acceptors (Lipinski definition) is 2. The van der Waals surface area contributed by atoms with Crippen LogP contribution < -0.4 is 0 Å². The summed E-state index contributed by atoms with van der Waals surface area (Å²) in [5, 5.41) is 0. The molecule has 0 aliphatic heterocycles. The highest BCUT2D eigenvalue weighted by Gasteiger charge is 2.19. The average molecular weight is 349 g/mol. The molecule has 0 N–H and O–H groups in total. The van der Waals surface area contributed by atoms with Gasteiger partial charge in [0.05, 0.1) is 5.56 Å². The van der Waals surface area contributed by atoms with Gasteiger partial charge in [-0.15, -0.1) is 0 Å². The van der Waals surface area contributed by atoms with Gasteiger partial charge in [-0.2, -0.15) is 0 Å². The molecule has 1 heterocycles. The Morgan fingerprint density at radius 3 is 1.65 bits per heavy atom. The SMILES string of the molecule is CC[C@H]1CC[C@H](C#Cc2cnc(C#C[C@H]3CC[C@H](CC)CC3)nc2)CC1. The van der Waals surface area contributed by atoms with Crippen molar-refractivity contribution in [3.8, 4) is 23.7 Å². The molecule has 0 spiro atoms. The van der Waals surface area contributed by atoms with Crippen LogP contribution in [0.4, 0.5) is 0 Å². The molecule has 1 aromatic heterocycles. The Labute approximate surface area is 159 Å². The summed E-state index contributed by atoms with van der Waals surface area (Å²) in [6, 6.07) is 0. The summed E-state index contributed by atoms with van der Waals surface area (Å²) in [5.41, 5.74) is 0.914. The molecule has 2 aliphatic carbocycles. The molecule has 2 aliphatic rings. The molecular formula is C24H32N2. The molecule has 3 rings (SSSR count). The number of nitrogens with zero attached hydrogens (tertiary/aromatic N) is 2. The van der Waals surface area contributed by atoms with Gasteiger partial charge in [0, 0.05) is 24.2 Å². The smallest absolute Gasteiger partial charge is 0.204 e. The molecule has 2 saturated carbocycles. The van der Waals surface area contributed by atoms with E-state index in [2.05, 4.69) is 47.5 Å². The van der Waals surface area contributed by atoms with Crippen LogP contribution >= 0.6 is 0 Å². The Kier molecular flexibility index (Phi) is 7.13. The van der Waals surface area contributed by atoms with Crippen LogP contribution in [0.3, 0.4) is 0 Å². The molecule has 2 nitrogen and oxygen atoms in total. The normalized spacial score (nSPS) is 28.4. The van der Waals surface area contributed by atoms with Crippen molar-refractivity contribution in [1.82, 2.24) is 9.97 Å². The maximum absolute atomic E-state index is 4.40. The van der Waals surface area contributed by atoms with E-state index in [-0.39, 0.29) is 0 Å². The predicted molar refractivity (Wildman–Crippen MR) is 107 cm³/mol. The molecule has 0 atom stereocenters. The van der Waals surface area contributed by atoms with E-state index >= 15 is 0 Å². The first-order chi connectivity index (χ1) is 12.8. The highest BCUT2D eigenvalue weighted by molar-refractivity contribution is 5.32. The minimum absolute atomic E-state index is 0.527. The summed E-state index contributed by atoms with van der Waals surface area (Å²) >= 11 is 0. The van der Waals surface area contributed by atoms with Crippen LogP contribution in [0.1, 0.15) is 89.4 Å². The highest BCUT2D eigenvalue weighted by Crippen LogP contribution is 2.30. The van der Waals surface area contributed by atoms with Crippen molar-refractivity contribution in [3.05, 3.63) is 23.8 Å². The van der Waals surface area contributed by atoms with Gasteiger partial charge < -0.3 is 0 Å². The van der Waals surface area contributed by atoms with Crippen molar-refractivity contribution >= 4 is 0 Å². The fraction of sp³-hybridized carbons (Fsp3) is 0.667. The number of rotatable bonds is 2. The topological polar surface area (TPSA) is 25.8 Å². The van der Waals surface area contributed by atoms with Crippen LogP contribution in [-0.4, -0.2) is 9.97 Å². The number of aromatic nitrogens is 2. The third-order valence-electron chi connectivity index (χ3n) is 6.31. The van der Waals surface area contributed by atoms with Crippen molar-refractivity contribution in [2.45, 2.75) is 78.1 Å². The van der Waals surface area contributed by atoms with Crippen molar-refractivity contribution in [2.24, 2.45) is 23.7 Å². The van der Waals surface area contributed by atoms with Gasteiger partial charge in [-0.3, -0.25) is 0 Å². The van der Waals surface area contributed by atoms with Gasteiger partial charge in [0.25, 0.3) is 0 Å². The van der Waals surface area contributed by atoms with E-state index in [9.17, 15) is 0 Å².